The third-order valence-electron chi connectivity index (χ3n) is 3.96. The van der Waals surface area contributed by atoms with E-state index in [0.717, 1.165) is 0 Å². The van der Waals surface area contributed by atoms with Gasteiger partial charge in [-0.15, -0.1) is 25.7 Å². The van der Waals surface area contributed by atoms with Crippen LogP contribution >= 0.6 is 0 Å². The maximum atomic E-state index is 13.4. The Hall–Kier alpha value is -3.65. The Morgan fingerprint density at radius 1 is 0.625 bits per heavy atom. The Balaban J connectivity index is 2.75. The lowest BCUT2D eigenvalue weighted by molar-refractivity contribution is -0.123. The fraction of sp³-hybridized carbons (Fsp3) is 0.0870. The topological polar surface area (TPSA) is 17.1 Å². The summed E-state index contributed by atoms with van der Waals surface area (Å²) in [4.78, 5) is 13.4. The molecule has 0 amide bonds. The van der Waals surface area contributed by atoms with Crippen molar-refractivity contribution in [2.45, 2.75) is 10.8 Å². The number of benzene rings is 2. The number of carbonyl (C=O) groups excluding carboxylic acids is 1. The van der Waals surface area contributed by atoms with Gasteiger partial charge < -0.3 is 0 Å². The molecule has 0 aliphatic rings. The average molecular weight is 306 g/mol. The molecular formula is C23H14O. The first-order valence-corrected chi connectivity index (χ1v) is 7.18. The summed E-state index contributed by atoms with van der Waals surface area (Å²) in [5.41, 5.74) is -2.30. The summed E-state index contributed by atoms with van der Waals surface area (Å²) >= 11 is 0. The van der Waals surface area contributed by atoms with E-state index >= 15 is 0 Å². The smallest absolute Gasteiger partial charge is 0.202 e. The van der Waals surface area contributed by atoms with Gasteiger partial charge in [0.15, 0.2) is 10.8 Å². The molecular weight excluding hydrogens is 292 g/mol. The van der Waals surface area contributed by atoms with Gasteiger partial charge in [-0.3, -0.25) is 4.79 Å². The van der Waals surface area contributed by atoms with Crippen molar-refractivity contribution in [2.75, 3.05) is 0 Å². The fourth-order valence-corrected chi connectivity index (χ4v) is 2.60. The van der Waals surface area contributed by atoms with E-state index in [-0.39, 0.29) is 0 Å². The molecule has 0 aromatic heterocycles. The molecule has 2 rings (SSSR count). The van der Waals surface area contributed by atoms with Crippen LogP contribution in [0.15, 0.2) is 60.7 Å². The second-order valence-corrected chi connectivity index (χ2v) is 5.14. The van der Waals surface area contributed by atoms with Crippen molar-refractivity contribution in [1.29, 1.82) is 0 Å². The molecule has 0 fully saturated rings. The molecule has 24 heavy (non-hydrogen) atoms. The van der Waals surface area contributed by atoms with Gasteiger partial charge in [0, 0.05) is 0 Å². The third kappa shape index (κ3) is 2.36. The summed E-state index contributed by atoms with van der Waals surface area (Å²) in [6.07, 6.45) is 22.7. The van der Waals surface area contributed by atoms with Crippen molar-refractivity contribution >= 4 is 5.78 Å². The van der Waals surface area contributed by atoms with Gasteiger partial charge in [0.05, 0.1) is 0 Å². The van der Waals surface area contributed by atoms with Crippen molar-refractivity contribution in [1.82, 2.24) is 0 Å². The summed E-state index contributed by atoms with van der Waals surface area (Å²) in [5.74, 6) is 9.23. The zero-order valence-corrected chi connectivity index (χ0v) is 13.0. The Labute approximate surface area is 143 Å². The molecule has 2 aromatic carbocycles. The molecule has 0 saturated carbocycles. The van der Waals surface area contributed by atoms with E-state index in [1.807, 2.05) is 0 Å². The quantitative estimate of drug-likeness (QED) is 0.794. The van der Waals surface area contributed by atoms with Crippen LogP contribution in [0.3, 0.4) is 0 Å². The molecule has 0 aliphatic carbocycles. The van der Waals surface area contributed by atoms with E-state index in [1.165, 1.54) is 0 Å². The van der Waals surface area contributed by atoms with Gasteiger partial charge in [-0.1, -0.05) is 84.3 Å². The van der Waals surface area contributed by atoms with Crippen LogP contribution in [0, 0.1) is 49.4 Å². The zero-order valence-electron chi connectivity index (χ0n) is 13.0. The Kier molecular flexibility index (Phi) is 4.62. The van der Waals surface area contributed by atoms with E-state index in [9.17, 15) is 4.79 Å². The lowest BCUT2D eigenvalue weighted by atomic mass is 9.65. The lowest BCUT2D eigenvalue weighted by Crippen LogP contribution is -2.46. The van der Waals surface area contributed by atoms with E-state index in [2.05, 4.69) is 23.7 Å². The molecule has 0 heterocycles. The maximum Gasteiger partial charge on any atom is 0.202 e. The summed E-state index contributed by atoms with van der Waals surface area (Å²) in [7, 11) is 0. The van der Waals surface area contributed by atoms with Crippen LogP contribution < -0.4 is 0 Å². The standard InChI is InChI=1S/C23H14O/c1-5-22(6-2,19-15-11-9-12-16-19)21(24)23(7-3,8-4)20-17-13-10-14-18-20/h1-4,9-18H. The lowest BCUT2D eigenvalue weighted by Gasteiger charge is -2.30. The Bertz CT molecular complexity index is 801. The van der Waals surface area contributed by atoms with E-state index in [0.29, 0.717) is 11.1 Å². The molecule has 0 saturated heterocycles. The van der Waals surface area contributed by atoms with Crippen LogP contribution in [0.1, 0.15) is 11.1 Å². The molecule has 112 valence electrons. The first kappa shape index (κ1) is 16.7. The van der Waals surface area contributed by atoms with Gasteiger partial charge in [-0.2, -0.15) is 0 Å². The molecule has 0 bridgehead atoms. The first-order valence-electron chi connectivity index (χ1n) is 7.18. The summed E-state index contributed by atoms with van der Waals surface area (Å²) in [6.45, 7) is 0. The maximum absolute atomic E-state index is 13.4. The third-order valence-corrected chi connectivity index (χ3v) is 3.96. The van der Waals surface area contributed by atoms with Gasteiger partial charge in [0.25, 0.3) is 0 Å². The van der Waals surface area contributed by atoms with E-state index < -0.39 is 16.6 Å². The molecule has 1 heteroatoms. The van der Waals surface area contributed by atoms with Crippen LogP contribution in [-0.4, -0.2) is 5.78 Å². The van der Waals surface area contributed by atoms with Crippen molar-refractivity contribution in [2.24, 2.45) is 0 Å². The van der Waals surface area contributed by atoms with Crippen molar-refractivity contribution in [3.63, 3.8) is 0 Å². The number of hydrogen-bond acceptors (Lipinski definition) is 1. The number of carbonyl (C=O) groups is 1. The number of ketones is 1. The minimum absolute atomic E-state index is 0.491. The SMILES string of the molecule is C#CC(C#C)(C(=O)C(C#C)(C#C)c1ccccc1)c1ccccc1. The highest BCUT2D eigenvalue weighted by Crippen LogP contribution is 2.35. The normalized spacial score (nSPS) is 10.5. The van der Waals surface area contributed by atoms with Crippen molar-refractivity contribution in [3.05, 3.63) is 71.8 Å². The van der Waals surface area contributed by atoms with Crippen LogP contribution in [0.2, 0.25) is 0 Å². The van der Waals surface area contributed by atoms with Gasteiger partial charge in [0.1, 0.15) is 0 Å². The van der Waals surface area contributed by atoms with Crippen molar-refractivity contribution < 1.29 is 4.79 Å². The van der Waals surface area contributed by atoms with Crippen LogP contribution in [0.5, 0.6) is 0 Å². The number of hydrogen-bond donors (Lipinski definition) is 0. The van der Waals surface area contributed by atoms with Crippen LogP contribution in [0.25, 0.3) is 0 Å². The Morgan fingerprint density at radius 2 is 0.917 bits per heavy atom. The molecule has 0 aliphatic heterocycles. The fourth-order valence-electron chi connectivity index (χ4n) is 2.60. The van der Waals surface area contributed by atoms with Gasteiger partial charge >= 0.3 is 0 Å². The van der Waals surface area contributed by atoms with Gasteiger partial charge in [-0.25, -0.2) is 0 Å². The second kappa shape index (κ2) is 6.63. The predicted molar refractivity (Wildman–Crippen MR) is 96.6 cm³/mol. The number of rotatable bonds is 4. The second-order valence-electron chi connectivity index (χ2n) is 5.14. The largest absolute Gasteiger partial charge is 0.293 e. The van der Waals surface area contributed by atoms with Crippen LogP contribution in [-0.2, 0) is 15.6 Å². The number of Topliss-reactive ketones (excluding diaryl/α,β-unsaturated/α-hetero) is 1. The molecule has 1 nitrogen and oxygen atoms in total. The highest BCUT2D eigenvalue weighted by atomic mass is 16.1. The highest BCUT2D eigenvalue weighted by Gasteiger charge is 2.49. The molecule has 0 spiro atoms. The van der Waals surface area contributed by atoms with Crippen molar-refractivity contribution in [3.8, 4) is 49.4 Å². The molecule has 0 N–H and O–H groups in total. The number of terminal acetylenes is 4. The summed E-state index contributed by atoms with van der Waals surface area (Å²) < 4.78 is 0. The van der Waals surface area contributed by atoms with Gasteiger partial charge in [0.2, 0.25) is 5.78 Å². The predicted octanol–water partition coefficient (Wildman–Crippen LogP) is 2.96. The highest BCUT2D eigenvalue weighted by molar-refractivity contribution is 6.08. The average Bonchev–Trinajstić information content (AvgIpc) is 2.66. The summed E-state index contributed by atoms with van der Waals surface area (Å²) in [5, 5.41) is 0. The monoisotopic (exact) mass is 306 g/mol. The summed E-state index contributed by atoms with van der Waals surface area (Å²) in [6, 6.07) is 17.4. The minimum atomic E-state index is -1.64. The van der Waals surface area contributed by atoms with E-state index in [1.54, 1.807) is 60.7 Å². The molecule has 2 aromatic rings. The minimum Gasteiger partial charge on any atom is -0.293 e. The Morgan fingerprint density at radius 3 is 1.17 bits per heavy atom. The molecule has 0 atom stereocenters. The van der Waals surface area contributed by atoms with Gasteiger partial charge in [-0.05, 0) is 11.1 Å². The van der Waals surface area contributed by atoms with Crippen LogP contribution in [0.4, 0.5) is 0 Å². The molecule has 0 unspecified atom stereocenters. The van der Waals surface area contributed by atoms with E-state index in [4.69, 9.17) is 25.7 Å². The first-order chi connectivity index (χ1) is 11.6. The molecule has 0 radical (unpaired) electrons. The zero-order chi connectivity index (χ0) is 17.6.